The van der Waals surface area contributed by atoms with Gasteiger partial charge in [0.25, 0.3) is 0 Å². The molecule has 0 atom stereocenters. The summed E-state index contributed by atoms with van der Waals surface area (Å²) in [6, 6.07) is 79.2. The number of fused-ring (bicyclic) bond motifs is 12. The van der Waals surface area contributed by atoms with E-state index in [9.17, 15) is 0 Å². The van der Waals surface area contributed by atoms with E-state index < -0.39 is 0 Å². The standard InChI is InChI=1S/C69H53NO/c1-67(2)59-36-44(42-16-9-7-10-17-42)24-30-51(59)54-33-27-47(39-62(54)67)70(48-28-34-55-52-31-25-45(43-18-11-8-12-19-43)37-60(52)68(3,4)63(55)40-48)49-29-35-56-53-32-26-46(38-61(53)69(5,6)64(56)41-49)50-21-15-22-58-57-20-13-14-23-65(57)71-66(50)58/h7-41H,1-6H3. The fraction of sp³-hybridized carbons (Fsp3) is 0.130. The molecule has 0 radical (unpaired) electrons. The maximum absolute atomic E-state index is 6.56. The minimum atomic E-state index is -0.264. The van der Waals surface area contributed by atoms with E-state index in [2.05, 4.69) is 253 Å². The summed E-state index contributed by atoms with van der Waals surface area (Å²) in [6.45, 7) is 14.4. The van der Waals surface area contributed by atoms with Gasteiger partial charge in [0.2, 0.25) is 0 Å². The normalized spacial score (nSPS) is 15.0. The fourth-order valence-corrected chi connectivity index (χ4v) is 12.8. The molecular weight excluding hydrogens is 859 g/mol. The maximum atomic E-state index is 6.56. The van der Waals surface area contributed by atoms with Crippen LogP contribution in [0.25, 0.3) is 88.7 Å². The van der Waals surface area contributed by atoms with Crippen LogP contribution in [-0.2, 0) is 16.2 Å². The van der Waals surface area contributed by atoms with E-state index in [-0.39, 0.29) is 16.2 Å². The average Bonchev–Trinajstić information content (AvgIpc) is 4.04. The molecule has 0 saturated heterocycles. The Labute approximate surface area is 416 Å². The van der Waals surface area contributed by atoms with Gasteiger partial charge in [-0.15, -0.1) is 0 Å². The van der Waals surface area contributed by atoms with E-state index in [1.165, 1.54) is 94.6 Å². The quantitative estimate of drug-likeness (QED) is 0.165. The molecule has 3 aliphatic rings. The van der Waals surface area contributed by atoms with Crippen LogP contribution in [0, 0.1) is 0 Å². The lowest BCUT2D eigenvalue weighted by atomic mass is 9.81. The summed E-state index contributed by atoms with van der Waals surface area (Å²) in [6.07, 6.45) is 0. The molecule has 10 aromatic carbocycles. The predicted molar refractivity (Wildman–Crippen MR) is 297 cm³/mol. The van der Waals surface area contributed by atoms with Gasteiger partial charge < -0.3 is 9.32 Å². The zero-order valence-corrected chi connectivity index (χ0v) is 41.1. The highest BCUT2D eigenvalue weighted by molar-refractivity contribution is 6.09. The second-order valence-corrected chi connectivity index (χ2v) is 21.7. The van der Waals surface area contributed by atoms with Crippen LogP contribution >= 0.6 is 0 Å². The van der Waals surface area contributed by atoms with Crippen molar-refractivity contribution < 1.29 is 4.42 Å². The van der Waals surface area contributed by atoms with Gasteiger partial charge in [-0.2, -0.15) is 0 Å². The van der Waals surface area contributed by atoms with E-state index in [4.69, 9.17) is 4.42 Å². The highest BCUT2D eigenvalue weighted by Crippen LogP contribution is 2.56. The first-order valence-electron chi connectivity index (χ1n) is 25.2. The number of rotatable bonds is 6. The molecule has 0 aliphatic heterocycles. The number of furan rings is 1. The monoisotopic (exact) mass is 911 g/mol. The van der Waals surface area contributed by atoms with Gasteiger partial charge in [0.05, 0.1) is 0 Å². The molecule has 0 fully saturated rings. The summed E-state index contributed by atoms with van der Waals surface area (Å²) in [5.41, 5.74) is 27.9. The number of nitrogens with zero attached hydrogens (tertiary/aromatic N) is 1. The van der Waals surface area contributed by atoms with Crippen LogP contribution in [0.1, 0.15) is 74.9 Å². The average molecular weight is 912 g/mol. The summed E-state index contributed by atoms with van der Waals surface area (Å²) in [5, 5.41) is 2.30. The molecule has 14 rings (SSSR count). The molecule has 0 bridgehead atoms. The van der Waals surface area contributed by atoms with Gasteiger partial charge in [0.15, 0.2) is 0 Å². The summed E-state index contributed by atoms with van der Waals surface area (Å²) in [4.78, 5) is 2.52. The van der Waals surface area contributed by atoms with E-state index in [1.807, 2.05) is 6.07 Å². The Morgan fingerprint density at radius 3 is 1.11 bits per heavy atom. The zero-order valence-electron chi connectivity index (χ0n) is 41.1. The molecule has 1 aromatic heterocycles. The van der Waals surface area contributed by atoms with E-state index in [0.717, 1.165) is 44.6 Å². The van der Waals surface area contributed by atoms with Crippen LogP contribution in [0.5, 0.6) is 0 Å². The number of benzene rings is 10. The van der Waals surface area contributed by atoms with Crippen LogP contribution in [0.4, 0.5) is 17.1 Å². The number of hydrogen-bond acceptors (Lipinski definition) is 2. The van der Waals surface area contributed by atoms with Crippen LogP contribution in [-0.4, -0.2) is 0 Å². The first kappa shape index (κ1) is 41.7. The molecular formula is C69H53NO. The lowest BCUT2D eigenvalue weighted by Gasteiger charge is -2.31. The molecule has 340 valence electrons. The molecule has 1 heterocycles. The third-order valence-corrected chi connectivity index (χ3v) is 16.7. The molecule has 11 aromatic rings. The molecule has 0 spiro atoms. The van der Waals surface area contributed by atoms with Crippen molar-refractivity contribution in [3.8, 4) is 66.8 Å². The minimum Gasteiger partial charge on any atom is -0.455 e. The van der Waals surface area contributed by atoms with Gasteiger partial charge in [0.1, 0.15) is 11.2 Å². The molecule has 2 nitrogen and oxygen atoms in total. The van der Waals surface area contributed by atoms with Crippen LogP contribution in [0.3, 0.4) is 0 Å². The van der Waals surface area contributed by atoms with Gasteiger partial charge in [-0.1, -0.05) is 193 Å². The molecule has 3 aliphatic carbocycles. The molecule has 2 heteroatoms. The number of hydrogen-bond donors (Lipinski definition) is 0. The second kappa shape index (κ2) is 14.9. The van der Waals surface area contributed by atoms with Crippen molar-refractivity contribution in [2.24, 2.45) is 0 Å². The SMILES string of the molecule is CC1(C)c2cc(-c3ccccc3)ccc2-c2ccc(N(c3ccc4c(c3)C(C)(C)c3cc(-c5ccccc5)ccc3-4)c3ccc4c(c3)C(C)(C)c3cc(-c5cccc6c5oc5ccccc56)ccc3-4)cc21. The molecule has 0 saturated carbocycles. The van der Waals surface area contributed by atoms with Crippen molar-refractivity contribution in [2.45, 2.75) is 57.8 Å². The molecule has 0 N–H and O–H groups in total. The van der Waals surface area contributed by atoms with Gasteiger partial charge in [0, 0.05) is 49.6 Å². The lowest BCUT2D eigenvalue weighted by molar-refractivity contribution is 0.659. The topological polar surface area (TPSA) is 16.4 Å². The van der Waals surface area contributed by atoms with Crippen molar-refractivity contribution in [3.63, 3.8) is 0 Å². The Morgan fingerprint density at radius 1 is 0.282 bits per heavy atom. The first-order valence-corrected chi connectivity index (χ1v) is 25.2. The predicted octanol–water partition coefficient (Wildman–Crippen LogP) is 19.0. The van der Waals surface area contributed by atoms with Crippen LogP contribution in [0.15, 0.2) is 217 Å². The van der Waals surface area contributed by atoms with Gasteiger partial charge >= 0.3 is 0 Å². The fourth-order valence-electron chi connectivity index (χ4n) is 12.8. The van der Waals surface area contributed by atoms with Crippen LogP contribution < -0.4 is 4.90 Å². The smallest absolute Gasteiger partial charge is 0.143 e. The summed E-state index contributed by atoms with van der Waals surface area (Å²) < 4.78 is 6.56. The third kappa shape index (κ3) is 6.07. The summed E-state index contributed by atoms with van der Waals surface area (Å²) in [7, 11) is 0. The first-order chi connectivity index (χ1) is 34.4. The largest absolute Gasteiger partial charge is 0.455 e. The second-order valence-electron chi connectivity index (χ2n) is 21.7. The summed E-state index contributed by atoms with van der Waals surface area (Å²) >= 11 is 0. The highest BCUT2D eigenvalue weighted by Gasteiger charge is 2.40. The Morgan fingerprint density at radius 2 is 0.648 bits per heavy atom. The Hall–Kier alpha value is -8.20. The van der Waals surface area contributed by atoms with E-state index in [0.29, 0.717) is 0 Å². The minimum absolute atomic E-state index is 0.207. The summed E-state index contributed by atoms with van der Waals surface area (Å²) in [5.74, 6) is 0. The molecule has 0 unspecified atom stereocenters. The highest BCUT2D eigenvalue weighted by atomic mass is 16.3. The van der Waals surface area contributed by atoms with Crippen molar-refractivity contribution >= 4 is 39.0 Å². The molecule has 71 heavy (non-hydrogen) atoms. The van der Waals surface area contributed by atoms with Crippen molar-refractivity contribution in [1.29, 1.82) is 0 Å². The molecule has 0 amide bonds. The van der Waals surface area contributed by atoms with Crippen LogP contribution in [0.2, 0.25) is 0 Å². The van der Waals surface area contributed by atoms with Gasteiger partial charge in [-0.3, -0.25) is 0 Å². The Balaban J connectivity index is 0.903. The Kier molecular flexibility index (Phi) is 8.76. The zero-order chi connectivity index (χ0) is 48.0. The number of para-hydroxylation sites is 2. The van der Waals surface area contributed by atoms with Crippen molar-refractivity contribution in [1.82, 2.24) is 0 Å². The van der Waals surface area contributed by atoms with Gasteiger partial charge in [-0.25, -0.2) is 0 Å². The van der Waals surface area contributed by atoms with E-state index in [1.54, 1.807) is 0 Å². The van der Waals surface area contributed by atoms with Crippen molar-refractivity contribution in [2.75, 3.05) is 4.90 Å². The van der Waals surface area contributed by atoms with E-state index >= 15 is 0 Å². The maximum Gasteiger partial charge on any atom is 0.143 e. The number of anilines is 3. The lowest BCUT2D eigenvalue weighted by Crippen LogP contribution is -2.19. The van der Waals surface area contributed by atoms with Crippen molar-refractivity contribution in [3.05, 3.63) is 246 Å². The third-order valence-electron chi connectivity index (χ3n) is 16.7. The van der Waals surface area contributed by atoms with Gasteiger partial charge in [-0.05, 0) is 155 Å². The Bertz CT molecular complexity index is 3870.